The van der Waals surface area contributed by atoms with Gasteiger partial charge in [-0.3, -0.25) is 0 Å². The lowest BCUT2D eigenvalue weighted by molar-refractivity contribution is 0.474. The van der Waals surface area contributed by atoms with Crippen LogP contribution in [0.2, 0.25) is 0 Å². The Balaban J connectivity index is 2.99. The van der Waals surface area contributed by atoms with Gasteiger partial charge in [0.2, 0.25) is 0 Å². The summed E-state index contributed by atoms with van der Waals surface area (Å²) in [4.78, 5) is 0. The summed E-state index contributed by atoms with van der Waals surface area (Å²) >= 11 is 0. The van der Waals surface area contributed by atoms with Gasteiger partial charge in [0.1, 0.15) is 11.5 Å². The SMILES string of the molecule is C/C=C\c1cc(CC)oc1CC. The van der Waals surface area contributed by atoms with Crippen molar-refractivity contribution >= 4 is 6.08 Å². The molecule has 0 saturated carbocycles. The molecule has 0 spiro atoms. The van der Waals surface area contributed by atoms with Gasteiger partial charge in [0.05, 0.1) is 0 Å². The third kappa shape index (κ3) is 1.79. The zero-order valence-electron chi connectivity index (χ0n) is 8.05. The van der Waals surface area contributed by atoms with Crippen LogP contribution in [0.25, 0.3) is 6.08 Å². The molecule has 1 nitrogen and oxygen atoms in total. The number of furan rings is 1. The molecule has 0 aliphatic rings. The van der Waals surface area contributed by atoms with E-state index < -0.39 is 0 Å². The highest BCUT2D eigenvalue weighted by Crippen LogP contribution is 2.18. The summed E-state index contributed by atoms with van der Waals surface area (Å²) in [7, 11) is 0. The van der Waals surface area contributed by atoms with E-state index in [0.29, 0.717) is 0 Å². The number of rotatable bonds is 3. The molecule has 1 aromatic heterocycles. The Bertz CT molecular complexity index is 269. The molecule has 1 heterocycles. The van der Waals surface area contributed by atoms with Crippen molar-refractivity contribution < 1.29 is 4.42 Å². The van der Waals surface area contributed by atoms with Crippen molar-refractivity contribution in [2.75, 3.05) is 0 Å². The Morgan fingerprint density at radius 3 is 2.58 bits per heavy atom. The largest absolute Gasteiger partial charge is 0.465 e. The molecule has 0 aliphatic carbocycles. The number of allylic oxidation sites excluding steroid dienone is 1. The lowest BCUT2D eigenvalue weighted by Crippen LogP contribution is -1.76. The Labute approximate surface area is 74.1 Å². The van der Waals surface area contributed by atoms with E-state index in [2.05, 4.69) is 26.0 Å². The van der Waals surface area contributed by atoms with Crippen LogP contribution in [-0.4, -0.2) is 0 Å². The predicted octanol–water partition coefficient (Wildman–Crippen LogP) is 3.44. The van der Waals surface area contributed by atoms with Crippen LogP contribution in [0.1, 0.15) is 37.9 Å². The van der Waals surface area contributed by atoms with E-state index in [-0.39, 0.29) is 0 Å². The quantitative estimate of drug-likeness (QED) is 0.667. The predicted molar refractivity (Wildman–Crippen MR) is 52.2 cm³/mol. The summed E-state index contributed by atoms with van der Waals surface area (Å²) in [6.45, 7) is 6.25. The van der Waals surface area contributed by atoms with Crippen LogP contribution in [0.5, 0.6) is 0 Å². The van der Waals surface area contributed by atoms with E-state index in [4.69, 9.17) is 4.42 Å². The van der Waals surface area contributed by atoms with E-state index in [9.17, 15) is 0 Å². The number of hydrogen-bond acceptors (Lipinski definition) is 1. The second-order valence-electron chi connectivity index (χ2n) is 2.80. The highest BCUT2D eigenvalue weighted by molar-refractivity contribution is 5.51. The minimum absolute atomic E-state index is 0.972. The summed E-state index contributed by atoms with van der Waals surface area (Å²) in [6, 6.07) is 2.12. The van der Waals surface area contributed by atoms with Gasteiger partial charge in [-0.1, -0.05) is 26.0 Å². The molecule has 1 rings (SSSR count). The van der Waals surface area contributed by atoms with Gasteiger partial charge < -0.3 is 4.42 Å². The first-order valence-electron chi connectivity index (χ1n) is 4.56. The van der Waals surface area contributed by atoms with Crippen LogP contribution in [0.4, 0.5) is 0 Å². The molecule has 12 heavy (non-hydrogen) atoms. The fourth-order valence-corrected chi connectivity index (χ4v) is 1.27. The van der Waals surface area contributed by atoms with Crippen molar-refractivity contribution in [2.45, 2.75) is 33.6 Å². The zero-order valence-corrected chi connectivity index (χ0v) is 8.05. The maximum absolute atomic E-state index is 5.61. The van der Waals surface area contributed by atoms with E-state index in [1.165, 1.54) is 5.56 Å². The second-order valence-corrected chi connectivity index (χ2v) is 2.80. The molecule has 0 N–H and O–H groups in total. The standard InChI is InChI=1S/C11H16O/c1-4-7-9-8-10(5-2)12-11(9)6-3/h4,7-8H,5-6H2,1-3H3/b7-4-. The Morgan fingerprint density at radius 2 is 2.08 bits per heavy atom. The molecule has 0 radical (unpaired) electrons. The molecule has 1 heteroatoms. The minimum atomic E-state index is 0.972. The number of hydrogen-bond donors (Lipinski definition) is 0. The van der Waals surface area contributed by atoms with E-state index >= 15 is 0 Å². The molecule has 0 unspecified atom stereocenters. The molecule has 0 fully saturated rings. The summed E-state index contributed by atoms with van der Waals surface area (Å²) in [6.07, 6.45) is 6.09. The summed E-state index contributed by atoms with van der Waals surface area (Å²) in [5, 5.41) is 0. The molecule has 0 amide bonds. The number of aryl methyl sites for hydroxylation is 2. The maximum Gasteiger partial charge on any atom is 0.111 e. The summed E-state index contributed by atoms with van der Waals surface area (Å²) in [5.74, 6) is 2.19. The van der Waals surface area contributed by atoms with Gasteiger partial charge in [-0.15, -0.1) is 0 Å². The molecule has 0 saturated heterocycles. The van der Waals surface area contributed by atoms with Crippen molar-refractivity contribution in [3.63, 3.8) is 0 Å². The van der Waals surface area contributed by atoms with E-state index in [1.54, 1.807) is 0 Å². The highest BCUT2D eigenvalue weighted by atomic mass is 16.3. The Morgan fingerprint density at radius 1 is 1.33 bits per heavy atom. The van der Waals surface area contributed by atoms with Crippen molar-refractivity contribution in [2.24, 2.45) is 0 Å². The first-order valence-corrected chi connectivity index (χ1v) is 4.56. The lowest BCUT2D eigenvalue weighted by atomic mass is 10.2. The summed E-state index contributed by atoms with van der Waals surface area (Å²) in [5.41, 5.74) is 1.23. The van der Waals surface area contributed by atoms with E-state index in [1.807, 2.05) is 13.0 Å². The van der Waals surface area contributed by atoms with Gasteiger partial charge in [-0.25, -0.2) is 0 Å². The van der Waals surface area contributed by atoms with Crippen molar-refractivity contribution in [3.8, 4) is 0 Å². The lowest BCUT2D eigenvalue weighted by Gasteiger charge is -1.90. The molecular weight excluding hydrogens is 148 g/mol. The van der Waals surface area contributed by atoms with Crippen LogP contribution in [0.3, 0.4) is 0 Å². The molecule has 0 aromatic carbocycles. The van der Waals surface area contributed by atoms with Gasteiger partial charge in [0.25, 0.3) is 0 Å². The first-order chi connectivity index (χ1) is 5.81. The topological polar surface area (TPSA) is 13.1 Å². The fourth-order valence-electron chi connectivity index (χ4n) is 1.27. The third-order valence-corrected chi connectivity index (χ3v) is 1.91. The van der Waals surface area contributed by atoms with Gasteiger partial charge in [0, 0.05) is 18.4 Å². The second kappa shape index (κ2) is 4.15. The van der Waals surface area contributed by atoms with E-state index in [0.717, 1.165) is 24.4 Å². The Hall–Kier alpha value is -0.980. The minimum Gasteiger partial charge on any atom is -0.465 e. The first kappa shape index (κ1) is 9.11. The van der Waals surface area contributed by atoms with Crippen LogP contribution in [0.15, 0.2) is 16.6 Å². The maximum atomic E-state index is 5.61. The molecule has 0 bridgehead atoms. The van der Waals surface area contributed by atoms with Crippen LogP contribution < -0.4 is 0 Å². The zero-order chi connectivity index (χ0) is 8.97. The highest BCUT2D eigenvalue weighted by Gasteiger charge is 2.04. The van der Waals surface area contributed by atoms with Crippen LogP contribution in [0, 0.1) is 0 Å². The van der Waals surface area contributed by atoms with Gasteiger partial charge >= 0.3 is 0 Å². The third-order valence-electron chi connectivity index (χ3n) is 1.91. The molecule has 1 aromatic rings. The van der Waals surface area contributed by atoms with Gasteiger partial charge in [-0.2, -0.15) is 0 Å². The summed E-state index contributed by atoms with van der Waals surface area (Å²) < 4.78 is 5.61. The van der Waals surface area contributed by atoms with Crippen molar-refractivity contribution in [3.05, 3.63) is 29.2 Å². The molecule has 0 aliphatic heterocycles. The van der Waals surface area contributed by atoms with Crippen molar-refractivity contribution in [1.29, 1.82) is 0 Å². The molecule has 0 atom stereocenters. The smallest absolute Gasteiger partial charge is 0.111 e. The van der Waals surface area contributed by atoms with Crippen LogP contribution in [-0.2, 0) is 12.8 Å². The molecule has 66 valence electrons. The van der Waals surface area contributed by atoms with Crippen LogP contribution >= 0.6 is 0 Å². The van der Waals surface area contributed by atoms with Gasteiger partial charge in [-0.05, 0) is 13.0 Å². The van der Waals surface area contributed by atoms with Crippen molar-refractivity contribution in [1.82, 2.24) is 0 Å². The van der Waals surface area contributed by atoms with Gasteiger partial charge in [0.15, 0.2) is 0 Å². The fraction of sp³-hybridized carbons (Fsp3) is 0.455. The Kier molecular flexibility index (Phi) is 3.15. The average molecular weight is 164 g/mol. The molecular formula is C11H16O. The average Bonchev–Trinajstić information content (AvgIpc) is 2.48. The normalized spacial score (nSPS) is 11.2. The monoisotopic (exact) mass is 164 g/mol.